The molecule has 1 heterocycles. The first kappa shape index (κ1) is 15.0. The molecule has 4 heteroatoms. The maximum atomic E-state index is 6.07. The largest absolute Gasteiger partial charge is 0.398 e. The molecule has 2 rings (SSSR count). The van der Waals surface area contributed by atoms with Gasteiger partial charge in [0, 0.05) is 29.4 Å². The van der Waals surface area contributed by atoms with E-state index in [1.54, 1.807) is 0 Å². The zero-order valence-electron chi connectivity index (χ0n) is 12.2. The highest BCUT2D eigenvalue weighted by Gasteiger charge is 2.09. The van der Waals surface area contributed by atoms with Gasteiger partial charge in [-0.15, -0.1) is 0 Å². The van der Waals surface area contributed by atoms with E-state index in [9.17, 15) is 0 Å². The van der Waals surface area contributed by atoms with Crippen LogP contribution in [0.3, 0.4) is 0 Å². The Morgan fingerprint density at radius 3 is 2.70 bits per heavy atom. The van der Waals surface area contributed by atoms with E-state index >= 15 is 0 Å². The Morgan fingerprint density at radius 1 is 1.25 bits per heavy atom. The van der Waals surface area contributed by atoms with Crippen LogP contribution >= 0.6 is 15.9 Å². The molecule has 0 aliphatic heterocycles. The number of benzene rings is 1. The number of anilines is 1. The van der Waals surface area contributed by atoms with Gasteiger partial charge in [-0.05, 0) is 49.7 Å². The van der Waals surface area contributed by atoms with Gasteiger partial charge in [-0.2, -0.15) is 0 Å². The number of pyridine rings is 1. The normalized spacial score (nSPS) is 11.1. The van der Waals surface area contributed by atoms with Crippen LogP contribution in [-0.4, -0.2) is 16.9 Å². The molecule has 0 saturated carbocycles. The van der Waals surface area contributed by atoms with Gasteiger partial charge in [0.1, 0.15) is 0 Å². The lowest BCUT2D eigenvalue weighted by atomic mass is 10.1. The van der Waals surface area contributed by atoms with Crippen LogP contribution in [-0.2, 0) is 13.1 Å². The molecule has 106 valence electrons. The van der Waals surface area contributed by atoms with E-state index in [1.807, 2.05) is 26.1 Å². The molecule has 0 unspecified atom stereocenters. The summed E-state index contributed by atoms with van der Waals surface area (Å²) in [6, 6.07) is 8.36. The van der Waals surface area contributed by atoms with Crippen LogP contribution in [0, 0.1) is 13.8 Å². The monoisotopic (exact) mass is 333 g/mol. The van der Waals surface area contributed by atoms with Gasteiger partial charge >= 0.3 is 0 Å². The van der Waals surface area contributed by atoms with E-state index in [-0.39, 0.29) is 0 Å². The minimum absolute atomic E-state index is 0.794. The van der Waals surface area contributed by atoms with Crippen LogP contribution in [0.5, 0.6) is 0 Å². The van der Waals surface area contributed by atoms with Gasteiger partial charge in [0.05, 0.1) is 5.69 Å². The molecular weight excluding hydrogens is 314 g/mol. The summed E-state index contributed by atoms with van der Waals surface area (Å²) in [5.74, 6) is 0. The third-order valence-corrected chi connectivity index (χ3v) is 3.93. The Hall–Kier alpha value is -1.39. The fourth-order valence-corrected chi connectivity index (χ4v) is 2.66. The molecular formula is C16H20BrN3. The summed E-state index contributed by atoms with van der Waals surface area (Å²) in [6.45, 7) is 5.71. The van der Waals surface area contributed by atoms with Crippen molar-refractivity contribution in [2.45, 2.75) is 26.9 Å². The number of aryl methyl sites for hydroxylation is 1. The lowest BCUT2D eigenvalue weighted by Crippen LogP contribution is -2.19. The Bertz CT molecular complexity index is 611. The Kier molecular flexibility index (Phi) is 4.78. The molecule has 0 amide bonds. The summed E-state index contributed by atoms with van der Waals surface area (Å²) >= 11 is 3.50. The molecule has 2 N–H and O–H groups in total. The van der Waals surface area contributed by atoms with Gasteiger partial charge in [0.15, 0.2) is 0 Å². The van der Waals surface area contributed by atoms with Gasteiger partial charge in [-0.25, -0.2) is 0 Å². The summed E-state index contributed by atoms with van der Waals surface area (Å²) < 4.78 is 1.11. The van der Waals surface area contributed by atoms with Crippen LogP contribution < -0.4 is 5.73 Å². The smallest absolute Gasteiger partial charge is 0.0593 e. The molecule has 0 bridgehead atoms. The number of nitrogens with two attached hydrogens (primary N) is 1. The fourth-order valence-electron chi connectivity index (χ4n) is 2.21. The SMILES string of the molecule is Cc1cnc(CN(C)Cc2cccc(Br)c2)c(C)c1N. The third-order valence-electron chi connectivity index (χ3n) is 3.44. The van der Waals surface area contributed by atoms with E-state index < -0.39 is 0 Å². The number of aromatic nitrogens is 1. The highest BCUT2D eigenvalue weighted by molar-refractivity contribution is 9.10. The standard InChI is InChI=1S/C16H20BrN3/c1-11-8-19-15(12(2)16(11)18)10-20(3)9-13-5-4-6-14(17)7-13/h4-8H,9-10H2,1-3H3,(H2,18,19). The summed E-state index contributed by atoms with van der Waals surface area (Å²) in [4.78, 5) is 6.75. The van der Waals surface area contributed by atoms with Gasteiger partial charge in [0.2, 0.25) is 0 Å². The minimum Gasteiger partial charge on any atom is -0.398 e. The quantitative estimate of drug-likeness (QED) is 0.928. The number of hydrogen-bond donors (Lipinski definition) is 1. The Labute approximate surface area is 129 Å². The summed E-state index contributed by atoms with van der Waals surface area (Å²) in [5, 5.41) is 0. The molecule has 0 spiro atoms. The van der Waals surface area contributed by atoms with Crippen LogP contribution in [0.4, 0.5) is 5.69 Å². The zero-order valence-corrected chi connectivity index (χ0v) is 13.7. The number of nitrogen functional groups attached to an aromatic ring is 1. The molecule has 20 heavy (non-hydrogen) atoms. The van der Waals surface area contributed by atoms with Crippen molar-refractivity contribution >= 4 is 21.6 Å². The second-order valence-corrected chi connectivity index (χ2v) is 6.14. The Morgan fingerprint density at radius 2 is 2.00 bits per heavy atom. The fraction of sp³-hybridized carbons (Fsp3) is 0.312. The molecule has 0 radical (unpaired) electrons. The molecule has 0 saturated heterocycles. The van der Waals surface area contributed by atoms with Crippen LogP contribution in [0.25, 0.3) is 0 Å². The average Bonchev–Trinajstić information content (AvgIpc) is 2.39. The highest BCUT2D eigenvalue weighted by Crippen LogP contribution is 2.20. The number of rotatable bonds is 4. The van der Waals surface area contributed by atoms with E-state index in [4.69, 9.17) is 5.73 Å². The molecule has 0 aliphatic carbocycles. The van der Waals surface area contributed by atoms with Crippen molar-refractivity contribution in [2.75, 3.05) is 12.8 Å². The van der Waals surface area contributed by atoms with Crippen LogP contribution in [0.1, 0.15) is 22.4 Å². The van der Waals surface area contributed by atoms with Crippen LogP contribution in [0.2, 0.25) is 0 Å². The minimum atomic E-state index is 0.794. The van der Waals surface area contributed by atoms with E-state index in [1.165, 1.54) is 5.56 Å². The summed E-state index contributed by atoms with van der Waals surface area (Å²) in [6.07, 6.45) is 1.85. The second-order valence-electron chi connectivity index (χ2n) is 5.23. The first-order valence-electron chi connectivity index (χ1n) is 6.61. The number of halogens is 1. The first-order valence-corrected chi connectivity index (χ1v) is 7.40. The average molecular weight is 334 g/mol. The maximum absolute atomic E-state index is 6.07. The summed E-state index contributed by atoms with van der Waals surface area (Å²) in [5.41, 5.74) is 11.4. The van der Waals surface area contributed by atoms with Crippen molar-refractivity contribution in [2.24, 2.45) is 0 Å². The van der Waals surface area contributed by atoms with E-state index in [0.717, 1.165) is 40.1 Å². The van der Waals surface area contributed by atoms with Gasteiger partial charge < -0.3 is 5.73 Å². The van der Waals surface area contributed by atoms with Crippen molar-refractivity contribution in [3.8, 4) is 0 Å². The predicted molar refractivity (Wildman–Crippen MR) is 87.4 cm³/mol. The molecule has 0 fully saturated rings. The van der Waals surface area contributed by atoms with Crippen molar-refractivity contribution in [1.82, 2.24) is 9.88 Å². The van der Waals surface area contributed by atoms with Crippen molar-refractivity contribution < 1.29 is 0 Å². The number of nitrogens with zero attached hydrogens (tertiary/aromatic N) is 2. The highest BCUT2D eigenvalue weighted by atomic mass is 79.9. The molecule has 1 aromatic carbocycles. The molecule has 3 nitrogen and oxygen atoms in total. The molecule has 1 aromatic heterocycles. The van der Waals surface area contributed by atoms with E-state index in [0.29, 0.717) is 0 Å². The van der Waals surface area contributed by atoms with Gasteiger partial charge in [-0.3, -0.25) is 9.88 Å². The van der Waals surface area contributed by atoms with E-state index in [2.05, 4.69) is 51.1 Å². The lowest BCUT2D eigenvalue weighted by molar-refractivity contribution is 0.314. The number of hydrogen-bond acceptors (Lipinski definition) is 3. The third kappa shape index (κ3) is 3.58. The van der Waals surface area contributed by atoms with Crippen LogP contribution in [0.15, 0.2) is 34.9 Å². The molecule has 2 aromatic rings. The molecule has 0 aliphatic rings. The van der Waals surface area contributed by atoms with Crippen molar-refractivity contribution in [1.29, 1.82) is 0 Å². The second kappa shape index (κ2) is 6.37. The zero-order chi connectivity index (χ0) is 14.7. The van der Waals surface area contributed by atoms with Gasteiger partial charge in [0.25, 0.3) is 0 Å². The Balaban J connectivity index is 2.08. The maximum Gasteiger partial charge on any atom is 0.0593 e. The topological polar surface area (TPSA) is 42.2 Å². The first-order chi connectivity index (χ1) is 9.47. The summed E-state index contributed by atoms with van der Waals surface area (Å²) in [7, 11) is 2.10. The lowest BCUT2D eigenvalue weighted by Gasteiger charge is -2.18. The van der Waals surface area contributed by atoms with Gasteiger partial charge in [-0.1, -0.05) is 28.1 Å². The van der Waals surface area contributed by atoms with Crippen molar-refractivity contribution in [3.05, 3.63) is 57.3 Å². The molecule has 0 atom stereocenters. The van der Waals surface area contributed by atoms with Crippen molar-refractivity contribution in [3.63, 3.8) is 0 Å². The predicted octanol–water partition coefficient (Wildman–Crippen LogP) is 3.68.